The van der Waals surface area contributed by atoms with Gasteiger partial charge in [0.05, 0.1) is 16.6 Å². The van der Waals surface area contributed by atoms with E-state index in [9.17, 15) is 10.1 Å². The monoisotopic (exact) mass is 291 g/mol. The quantitative estimate of drug-likeness (QED) is 0.580. The van der Waals surface area contributed by atoms with Gasteiger partial charge in [-0.05, 0) is 41.8 Å². The molecule has 0 aliphatic carbocycles. The van der Waals surface area contributed by atoms with E-state index >= 15 is 0 Å². The fourth-order valence-electron chi connectivity index (χ4n) is 2.61. The highest BCUT2D eigenvalue weighted by atomic mass is 16.6. The Morgan fingerprint density at radius 1 is 1.27 bits per heavy atom. The van der Waals surface area contributed by atoms with Crippen molar-refractivity contribution in [3.8, 4) is 17.2 Å². The lowest BCUT2D eigenvalue weighted by molar-refractivity contribution is -0.383. The van der Waals surface area contributed by atoms with Gasteiger partial charge in [0.1, 0.15) is 5.52 Å². The molecule has 2 aromatic carbocycles. The number of nitrogens with one attached hydrogen (secondary N) is 1. The zero-order valence-corrected chi connectivity index (χ0v) is 12.0. The average molecular weight is 291 g/mol. The molecule has 0 aliphatic heterocycles. The van der Waals surface area contributed by atoms with Crippen LogP contribution in [0.2, 0.25) is 0 Å². The van der Waals surface area contributed by atoms with Gasteiger partial charge in [-0.2, -0.15) is 5.26 Å². The number of aromatic amines is 1. The normalized spacial score (nSPS) is 10.5. The average Bonchev–Trinajstić information content (AvgIpc) is 2.97. The SMILES string of the molecule is CCc1cc2c(-c3cccc(C#N)c3)ccc([N+](=O)[O-])c2[nH]1. The Labute approximate surface area is 127 Å². The number of hydrogen-bond donors (Lipinski definition) is 1. The molecule has 0 aliphatic rings. The third-order valence-electron chi connectivity index (χ3n) is 3.71. The topological polar surface area (TPSA) is 82.7 Å². The first-order valence-corrected chi connectivity index (χ1v) is 6.93. The van der Waals surface area contributed by atoms with Crippen LogP contribution in [0.5, 0.6) is 0 Å². The van der Waals surface area contributed by atoms with E-state index in [-0.39, 0.29) is 10.6 Å². The van der Waals surface area contributed by atoms with Gasteiger partial charge >= 0.3 is 0 Å². The Morgan fingerprint density at radius 2 is 2.09 bits per heavy atom. The molecular weight excluding hydrogens is 278 g/mol. The minimum absolute atomic E-state index is 0.0647. The van der Waals surface area contributed by atoms with Gasteiger partial charge in [-0.3, -0.25) is 10.1 Å². The fraction of sp³-hybridized carbons (Fsp3) is 0.118. The molecule has 0 fully saturated rings. The summed E-state index contributed by atoms with van der Waals surface area (Å²) in [5.74, 6) is 0. The number of non-ortho nitro benzene ring substituents is 1. The van der Waals surface area contributed by atoms with Crippen molar-refractivity contribution >= 4 is 16.6 Å². The van der Waals surface area contributed by atoms with Gasteiger partial charge < -0.3 is 4.98 Å². The summed E-state index contributed by atoms with van der Waals surface area (Å²) in [7, 11) is 0. The number of H-pyrrole nitrogens is 1. The first kappa shape index (κ1) is 13.8. The second-order valence-corrected chi connectivity index (χ2v) is 5.02. The van der Waals surface area contributed by atoms with E-state index in [0.717, 1.165) is 28.6 Å². The van der Waals surface area contributed by atoms with Gasteiger partial charge in [0.25, 0.3) is 5.69 Å². The number of fused-ring (bicyclic) bond motifs is 1. The molecule has 3 aromatic rings. The number of aryl methyl sites for hydroxylation is 1. The molecule has 22 heavy (non-hydrogen) atoms. The van der Waals surface area contributed by atoms with Crippen molar-refractivity contribution in [1.29, 1.82) is 5.26 Å². The number of aromatic nitrogens is 1. The summed E-state index contributed by atoms with van der Waals surface area (Å²) in [6, 6.07) is 14.5. The summed E-state index contributed by atoms with van der Waals surface area (Å²) in [6.07, 6.45) is 0.767. The van der Waals surface area contributed by atoms with Gasteiger partial charge in [-0.25, -0.2) is 0 Å². The molecule has 0 bridgehead atoms. The van der Waals surface area contributed by atoms with Crippen LogP contribution >= 0.6 is 0 Å². The Bertz CT molecular complexity index is 919. The van der Waals surface area contributed by atoms with Gasteiger partial charge in [0, 0.05) is 17.1 Å². The van der Waals surface area contributed by atoms with Crippen molar-refractivity contribution in [2.45, 2.75) is 13.3 Å². The molecule has 0 amide bonds. The molecule has 0 unspecified atom stereocenters. The van der Waals surface area contributed by atoms with Crippen LogP contribution in [0.1, 0.15) is 18.2 Å². The predicted octanol–water partition coefficient (Wildman–Crippen LogP) is 4.18. The van der Waals surface area contributed by atoms with Crippen molar-refractivity contribution in [2.24, 2.45) is 0 Å². The van der Waals surface area contributed by atoms with Gasteiger partial charge in [0.15, 0.2) is 0 Å². The second kappa shape index (κ2) is 5.34. The number of benzene rings is 2. The lowest BCUT2D eigenvalue weighted by Gasteiger charge is -2.04. The van der Waals surface area contributed by atoms with Crippen molar-refractivity contribution in [1.82, 2.24) is 4.98 Å². The van der Waals surface area contributed by atoms with Crippen LogP contribution in [-0.4, -0.2) is 9.91 Å². The highest BCUT2D eigenvalue weighted by molar-refractivity contribution is 6.00. The number of nitrogens with zero attached hydrogens (tertiary/aromatic N) is 2. The maximum Gasteiger partial charge on any atom is 0.293 e. The van der Waals surface area contributed by atoms with Crippen LogP contribution in [0.3, 0.4) is 0 Å². The Kier molecular flexibility index (Phi) is 3.36. The Balaban J connectivity index is 2.31. The van der Waals surface area contributed by atoms with E-state index < -0.39 is 0 Å². The van der Waals surface area contributed by atoms with E-state index in [1.807, 2.05) is 25.1 Å². The molecule has 0 saturated carbocycles. The fourth-order valence-corrected chi connectivity index (χ4v) is 2.61. The molecule has 3 rings (SSSR count). The van der Waals surface area contributed by atoms with E-state index in [1.54, 1.807) is 18.2 Å². The molecule has 5 nitrogen and oxygen atoms in total. The molecular formula is C17H13N3O2. The number of nitro benzene ring substituents is 1. The van der Waals surface area contributed by atoms with E-state index in [2.05, 4.69) is 11.1 Å². The standard InChI is InChI=1S/C17H13N3O2/c1-2-13-9-15-14(12-5-3-4-11(8-12)10-18)6-7-16(20(21)22)17(15)19-13/h3-9,19H,2H2,1H3. The van der Waals surface area contributed by atoms with Crippen molar-refractivity contribution < 1.29 is 4.92 Å². The molecule has 1 aromatic heterocycles. The molecule has 1 heterocycles. The largest absolute Gasteiger partial charge is 0.353 e. The lowest BCUT2D eigenvalue weighted by atomic mass is 9.99. The first-order chi connectivity index (χ1) is 10.6. The van der Waals surface area contributed by atoms with Gasteiger partial charge in [-0.1, -0.05) is 19.1 Å². The summed E-state index contributed by atoms with van der Waals surface area (Å²) in [5, 5.41) is 21.0. The summed E-state index contributed by atoms with van der Waals surface area (Å²) < 4.78 is 0. The number of hydrogen-bond acceptors (Lipinski definition) is 3. The highest BCUT2D eigenvalue weighted by Crippen LogP contribution is 2.35. The van der Waals surface area contributed by atoms with Crippen molar-refractivity contribution in [3.63, 3.8) is 0 Å². The third-order valence-corrected chi connectivity index (χ3v) is 3.71. The summed E-state index contributed by atoms with van der Waals surface area (Å²) >= 11 is 0. The number of rotatable bonds is 3. The first-order valence-electron chi connectivity index (χ1n) is 6.93. The minimum Gasteiger partial charge on any atom is -0.353 e. The number of nitriles is 1. The van der Waals surface area contributed by atoms with E-state index in [0.29, 0.717) is 11.1 Å². The third kappa shape index (κ3) is 2.21. The molecule has 5 heteroatoms. The second-order valence-electron chi connectivity index (χ2n) is 5.02. The van der Waals surface area contributed by atoms with Crippen LogP contribution in [0.4, 0.5) is 5.69 Å². The van der Waals surface area contributed by atoms with Gasteiger partial charge in [0.2, 0.25) is 0 Å². The van der Waals surface area contributed by atoms with E-state index in [1.165, 1.54) is 6.07 Å². The maximum absolute atomic E-state index is 11.2. The zero-order chi connectivity index (χ0) is 15.7. The Morgan fingerprint density at radius 3 is 2.77 bits per heavy atom. The van der Waals surface area contributed by atoms with Crippen LogP contribution in [0.25, 0.3) is 22.0 Å². The molecule has 108 valence electrons. The smallest absolute Gasteiger partial charge is 0.293 e. The minimum atomic E-state index is -0.381. The van der Waals surface area contributed by atoms with Crippen LogP contribution in [-0.2, 0) is 6.42 Å². The van der Waals surface area contributed by atoms with Crippen LogP contribution < -0.4 is 0 Å². The summed E-state index contributed by atoms with van der Waals surface area (Å²) in [6.45, 7) is 1.99. The summed E-state index contributed by atoms with van der Waals surface area (Å²) in [4.78, 5) is 13.9. The Hall–Kier alpha value is -3.13. The molecule has 0 radical (unpaired) electrons. The molecule has 0 spiro atoms. The zero-order valence-electron chi connectivity index (χ0n) is 12.0. The molecule has 0 atom stereocenters. The van der Waals surface area contributed by atoms with Crippen molar-refractivity contribution in [3.05, 3.63) is 63.8 Å². The van der Waals surface area contributed by atoms with E-state index in [4.69, 9.17) is 5.26 Å². The van der Waals surface area contributed by atoms with Gasteiger partial charge in [-0.15, -0.1) is 0 Å². The molecule has 1 N–H and O–H groups in total. The molecule has 0 saturated heterocycles. The predicted molar refractivity (Wildman–Crippen MR) is 84.5 cm³/mol. The highest BCUT2D eigenvalue weighted by Gasteiger charge is 2.17. The van der Waals surface area contributed by atoms with Crippen LogP contribution in [0.15, 0.2) is 42.5 Å². The van der Waals surface area contributed by atoms with Crippen molar-refractivity contribution in [2.75, 3.05) is 0 Å². The maximum atomic E-state index is 11.2. The number of nitro groups is 1. The lowest BCUT2D eigenvalue weighted by Crippen LogP contribution is -1.91. The van der Waals surface area contributed by atoms with Crippen LogP contribution in [0, 0.1) is 21.4 Å². The summed E-state index contributed by atoms with van der Waals surface area (Å²) in [5.41, 5.74) is 3.86.